The van der Waals surface area contributed by atoms with E-state index in [1.54, 1.807) is 23.0 Å². The minimum atomic E-state index is -4.92. The van der Waals surface area contributed by atoms with Crippen molar-refractivity contribution in [2.45, 2.75) is 18.7 Å². The number of rotatable bonds is 6. The number of carbonyl (C=O) groups is 1. The first-order chi connectivity index (χ1) is 9.75. The summed E-state index contributed by atoms with van der Waals surface area (Å²) in [4.78, 5) is 14.9. The molecule has 0 aliphatic carbocycles. The van der Waals surface area contributed by atoms with Crippen LogP contribution in [0.4, 0.5) is 13.2 Å². The summed E-state index contributed by atoms with van der Waals surface area (Å²) in [7, 11) is 0. The van der Waals surface area contributed by atoms with E-state index in [4.69, 9.17) is 11.8 Å². The molecule has 1 aromatic rings. The zero-order chi connectivity index (χ0) is 16.1. The van der Waals surface area contributed by atoms with Crippen LogP contribution in [0.25, 0.3) is 0 Å². The van der Waals surface area contributed by atoms with E-state index in [9.17, 15) is 23.1 Å². The van der Waals surface area contributed by atoms with Crippen LogP contribution in [0.5, 0.6) is 0 Å². The lowest BCUT2D eigenvalue weighted by atomic mass is 10.0. The lowest BCUT2D eigenvalue weighted by Crippen LogP contribution is -2.59. The molecule has 1 aromatic carbocycles. The van der Waals surface area contributed by atoms with Gasteiger partial charge in [-0.2, -0.15) is 13.2 Å². The predicted molar refractivity (Wildman–Crippen MR) is 72.9 cm³/mol. The Morgan fingerprint density at radius 2 is 1.90 bits per heavy atom. The SMILES string of the molecule is CCN(CC(O)(CNCl)C(F)(F)F)C(=O)c1ccccc1. The first kappa shape index (κ1) is 17.7. The number of hydrogen-bond donors (Lipinski definition) is 2. The number of aliphatic hydroxyl groups is 1. The molecule has 1 amide bonds. The monoisotopic (exact) mass is 324 g/mol. The van der Waals surface area contributed by atoms with Crippen molar-refractivity contribution in [1.82, 2.24) is 9.74 Å². The quantitative estimate of drug-likeness (QED) is 0.789. The summed E-state index contributed by atoms with van der Waals surface area (Å²) in [5.74, 6) is -0.588. The number of halogens is 4. The summed E-state index contributed by atoms with van der Waals surface area (Å²) in [6, 6.07) is 7.90. The van der Waals surface area contributed by atoms with Gasteiger partial charge in [0.2, 0.25) is 0 Å². The maximum absolute atomic E-state index is 13.0. The smallest absolute Gasteiger partial charge is 0.378 e. The number of carbonyl (C=O) groups excluding carboxylic acids is 1. The van der Waals surface area contributed by atoms with Crippen LogP contribution in [-0.2, 0) is 0 Å². The van der Waals surface area contributed by atoms with Crippen molar-refractivity contribution < 1.29 is 23.1 Å². The van der Waals surface area contributed by atoms with Gasteiger partial charge in [0.25, 0.3) is 5.91 Å². The fourth-order valence-electron chi connectivity index (χ4n) is 1.76. The highest BCUT2D eigenvalue weighted by Crippen LogP contribution is 2.31. The minimum absolute atomic E-state index is 0.0222. The maximum Gasteiger partial charge on any atom is 0.420 e. The summed E-state index contributed by atoms with van der Waals surface area (Å²) < 4.78 is 38.9. The number of nitrogens with zero attached hydrogens (tertiary/aromatic N) is 1. The largest absolute Gasteiger partial charge is 0.420 e. The Balaban J connectivity index is 2.97. The van der Waals surface area contributed by atoms with E-state index >= 15 is 0 Å². The molecule has 2 N–H and O–H groups in total. The van der Waals surface area contributed by atoms with Gasteiger partial charge < -0.3 is 10.0 Å². The molecule has 0 bridgehead atoms. The van der Waals surface area contributed by atoms with Gasteiger partial charge in [0, 0.05) is 12.1 Å². The van der Waals surface area contributed by atoms with E-state index in [1.165, 1.54) is 19.1 Å². The molecule has 0 heterocycles. The minimum Gasteiger partial charge on any atom is -0.378 e. The molecule has 8 heteroatoms. The van der Waals surface area contributed by atoms with E-state index < -0.39 is 30.8 Å². The highest BCUT2D eigenvalue weighted by Gasteiger charge is 2.54. The average molecular weight is 325 g/mol. The molecule has 1 atom stereocenters. The predicted octanol–water partition coefficient (Wildman–Crippen LogP) is 2.19. The van der Waals surface area contributed by atoms with Crippen molar-refractivity contribution in [3.63, 3.8) is 0 Å². The van der Waals surface area contributed by atoms with E-state index in [2.05, 4.69) is 0 Å². The van der Waals surface area contributed by atoms with Crippen LogP contribution in [0.2, 0.25) is 0 Å². The van der Waals surface area contributed by atoms with Crippen LogP contribution in [0.1, 0.15) is 17.3 Å². The average Bonchev–Trinajstić information content (AvgIpc) is 2.44. The molecule has 1 rings (SSSR count). The molecule has 0 radical (unpaired) electrons. The molecule has 0 fully saturated rings. The third kappa shape index (κ3) is 4.33. The Kier molecular flexibility index (Phi) is 6.00. The zero-order valence-electron chi connectivity index (χ0n) is 11.3. The van der Waals surface area contributed by atoms with Crippen LogP contribution in [-0.4, -0.2) is 47.3 Å². The Hall–Kier alpha value is -1.31. The molecule has 118 valence electrons. The molecule has 0 aromatic heterocycles. The van der Waals surface area contributed by atoms with Gasteiger partial charge in [-0.3, -0.25) is 4.79 Å². The van der Waals surface area contributed by atoms with Gasteiger partial charge in [-0.05, 0) is 30.8 Å². The van der Waals surface area contributed by atoms with Gasteiger partial charge in [-0.15, -0.1) is 0 Å². The molecular weight excluding hydrogens is 309 g/mol. The molecule has 0 spiro atoms. The van der Waals surface area contributed by atoms with Gasteiger partial charge >= 0.3 is 6.18 Å². The Morgan fingerprint density at radius 3 is 2.33 bits per heavy atom. The van der Waals surface area contributed by atoms with Crippen molar-refractivity contribution in [3.8, 4) is 0 Å². The molecule has 4 nitrogen and oxygen atoms in total. The summed E-state index contributed by atoms with van der Waals surface area (Å²) in [5, 5.41) is 9.78. The fourth-order valence-corrected chi connectivity index (χ4v) is 1.98. The number of hydrogen-bond acceptors (Lipinski definition) is 3. The maximum atomic E-state index is 13.0. The van der Waals surface area contributed by atoms with Gasteiger partial charge in [-0.1, -0.05) is 18.2 Å². The van der Waals surface area contributed by atoms with Crippen molar-refractivity contribution in [3.05, 3.63) is 35.9 Å². The topological polar surface area (TPSA) is 52.6 Å². The van der Waals surface area contributed by atoms with Crippen LogP contribution >= 0.6 is 11.8 Å². The summed E-state index contributed by atoms with van der Waals surface area (Å²) >= 11 is 5.10. The second-order valence-electron chi connectivity index (χ2n) is 4.53. The van der Waals surface area contributed by atoms with E-state index in [0.29, 0.717) is 0 Å². The molecule has 1 unspecified atom stereocenters. The van der Waals surface area contributed by atoms with E-state index in [-0.39, 0.29) is 12.1 Å². The van der Waals surface area contributed by atoms with Gasteiger partial charge in [-0.25, -0.2) is 4.84 Å². The van der Waals surface area contributed by atoms with Crippen LogP contribution in [0.15, 0.2) is 30.3 Å². The number of likely N-dealkylation sites (N-methyl/N-ethyl adjacent to an activating group) is 1. The third-order valence-corrected chi connectivity index (χ3v) is 3.16. The van der Waals surface area contributed by atoms with E-state index in [1.807, 2.05) is 0 Å². The van der Waals surface area contributed by atoms with E-state index in [0.717, 1.165) is 4.90 Å². The lowest BCUT2D eigenvalue weighted by molar-refractivity contribution is -0.259. The number of alkyl halides is 3. The summed E-state index contributed by atoms with van der Waals surface area (Å²) in [5.41, 5.74) is -2.86. The summed E-state index contributed by atoms with van der Waals surface area (Å²) in [6.45, 7) is -0.267. The molecule has 0 saturated heterocycles. The Bertz CT molecular complexity index is 470. The van der Waals surface area contributed by atoms with Gasteiger partial charge in [0.1, 0.15) is 0 Å². The van der Waals surface area contributed by atoms with Crippen molar-refractivity contribution in [1.29, 1.82) is 0 Å². The van der Waals surface area contributed by atoms with Gasteiger partial charge in [0.15, 0.2) is 5.60 Å². The number of benzene rings is 1. The standard InChI is InChI=1S/C13H16ClF3N2O2/c1-2-19(11(20)10-6-4-3-5-7-10)9-12(21,8-18-14)13(15,16)17/h3-7,18,21H,2,8-9H2,1H3. The Labute approximate surface area is 125 Å². The van der Waals surface area contributed by atoms with Crippen LogP contribution < -0.4 is 4.84 Å². The molecule has 21 heavy (non-hydrogen) atoms. The van der Waals surface area contributed by atoms with Crippen molar-refractivity contribution >= 4 is 17.7 Å². The molecular formula is C13H16ClF3N2O2. The highest BCUT2D eigenvalue weighted by atomic mass is 35.5. The second kappa shape index (κ2) is 7.11. The van der Waals surface area contributed by atoms with Crippen molar-refractivity contribution in [2.75, 3.05) is 19.6 Å². The first-order valence-electron chi connectivity index (χ1n) is 6.22. The zero-order valence-corrected chi connectivity index (χ0v) is 12.1. The van der Waals surface area contributed by atoms with Crippen LogP contribution in [0, 0.1) is 0 Å². The molecule has 0 aliphatic heterocycles. The third-order valence-electron chi connectivity index (χ3n) is 3.03. The van der Waals surface area contributed by atoms with Gasteiger partial charge in [0.05, 0.1) is 13.1 Å². The molecule has 0 aliphatic rings. The normalized spacial score (nSPS) is 14.6. The number of amides is 1. The van der Waals surface area contributed by atoms with Crippen LogP contribution in [0.3, 0.4) is 0 Å². The number of nitrogens with one attached hydrogen (secondary N) is 1. The lowest BCUT2D eigenvalue weighted by Gasteiger charge is -2.34. The molecule has 0 saturated carbocycles. The fraction of sp³-hybridized carbons (Fsp3) is 0.462. The highest BCUT2D eigenvalue weighted by molar-refractivity contribution is 6.13. The Morgan fingerprint density at radius 1 is 1.33 bits per heavy atom. The second-order valence-corrected chi connectivity index (χ2v) is 4.79. The van der Waals surface area contributed by atoms with Crippen molar-refractivity contribution in [2.24, 2.45) is 0 Å². The first-order valence-corrected chi connectivity index (χ1v) is 6.60. The summed E-state index contributed by atoms with van der Waals surface area (Å²) in [6.07, 6.45) is -4.92.